The zero-order chi connectivity index (χ0) is 12.0. The summed E-state index contributed by atoms with van der Waals surface area (Å²) in [5.41, 5.74) is 1.22. The van der Waals surface area contributed by atoms with Gasteiger partial charge in [-0.15, -0.1) is 0 Å². The maximum atomic E-state index is 12.8. The van der Waals surface area contributed by atoms with Gasteiger partial charge in [0.25, 0.3) is 0 Å². The molecule has 16 heavy (non-hydrogen) atoms. The molecule has 0 aliphatic heterocycles. The number of hydrogen-bond acceptors (Lipinski definition) is 1. The van der Waals surface area contributed by atoms with E-state index in [0.29, 0.717) is 12.0 Å². The van der Waals surface area contributed by atoms with Gasteiger partial charge in [0.15, 0.2) is 0 Å². The molecule has 1 rings (SSSR count). The fraction of sp³-hybridized carbons (Fsp3) is 0.571. The van der Waals surface area contributed by atoms with E-state index in [1.807, 2.05) is 12.1 Å². The molecule has 0 aromatic heterocycles. The number of nitrogens with one attached hydrogen (secondary N) is 1. The van der Waals surface area contributed by atoms with Crippen molar-refractivity contribution in [1.29, 1.82) is 0 Å². The molecule has 0 amide bonds. The summed E-state index contributed by atoms with van der Waals surface area (Å²) in [6.07, 6.45) is 2.16. The van der Waals surface area contributed by atoms with Gasteiger partial charge in [-0.3, -0.25) is 0 Å². The van der Waals surface area contributed by atoms with Crippen LogP contribution in [0.2, 0.25) is 0 Å². The van der Waals surface area contributed by atoms with Gasteiger partial charge < -0.3 is 5.32 Å². The first-order valence-corrected chi connectivity index (χ1v) is 6.15. The highest BCUT2D eigenvalue weighted by Crippen LogP contribution is 2.16. The van der Waals surface area contributed by atoms with Crippen LogP contribution < -0.4 is 5.32 Å². The molecule has 2 atom stereocenters. The third-order valence-corrected chi connectivity index (χ3v) is 3.17. The third-order valence-electron chi connectivity index (χ3n) is 3.17. The molecule has 2 unspecified atom stereocenters. The molecule has 0 saturated carbocycles. The Bertz CT molecular complexity index is 294. The fourth-order valence-electron chi connectivity index (χ4n) is 2.09. The maximum Gasteiger partial charge on any atom is 0.123 e. The molecule has 1 nitrogen and oxygen atoms in total. The molecule has 2 heteroatoms. The van der Waals surface area contributed by atoms with Crippen LogP contribution in [-0.2, 0) is 6.42 Å². The van der Waals surface area contributed by atoms with Gasteiger partial charge in [0.1, 0.15) is 5.82 Å². The summed E-state index contributed by atoms with van der Waals surface area (Å²) in [4.78, 5) is 0. The lowest BCUT2D eigenvalue weighted by Crippen LogP contribution is -2.34. The molecule has 0 bridgehead atoms. The zero-order valence-corrected chi connectivity index (χ0v) is 10.5. The lowest BCUT2D eigenvalue weighted by Gasteiger charge is -2.23. The monoisotopic (exact) mass is 223 g/mol. The molecule has 1 aromatic rings. The fourth-order valence-corrected chi connectivity index (χ4v) is 2.09. The summed E-state index contributed by atoms with van der Waals surface area (Å²) >= 11 is 0. The molecule has 0 saturated heterocycles. The summed E-state index contributed by atoms with van der Waals surface area (Å²) in [7, 11) is 0. The highest BCUT2D eigenvalue weighted by Gasteiger charge is 2.14. The Labute approximate surface area is 98.1 Å². The van der Waals surface area contributed by atoms with Gasteiger partial charge in [-0.2, -0.15) is 0 Å². The normalized spacial score (nSPS) is 14.8. The van der Waals surface area contributed by atoms with Crippen LogP contribution in [0.3, 0.4) is 0 Å². The van der Waals surface area contributed by atoms with E-state index < -0.39 is 0 Å². The van der Waals surface area contributed by atoms with E-state index in [1.54, 1.807) is 12.1 Å². The molecular weight excluding hydrogens is 201 g/mol. The Morgan fingerprint density at radius 2 is 1.81 bits per heavy atom. The minimum atomic E-state index is -0.156. The highest BCUT2D eigenvalue weighted by atomic mass is 19.1. The van der Waals surface area contributed by atoms with Gasteiger partial charge in [0.2, 0.25) is 0 Å². The molecule has 0 heterocycles. The Balaban J connectivity index is 2.59. The van der Waals surface area contributed by atoms with Gasteiger partial charge in [0.05, 0.1) is 0 Å². The second-order valence-corrected chi connectivity index (χ2v) is 4.35. The van der Waals surface area contributed by atoms with Crippen molar-refractivity contribution in [2.45, 2.75) is 39.7 Å². The number of benzene rings is 1. The molecule has 1 aromatic carbocycles. The molecule has 1 N–H and O–H groups in total. The van der Waals surface area contributed by atoms with Crippen LogP contribution in [-0.4, -0.2) is 12.6 Å². The smallest absolute Gasteiger partial charge is 0.123 e. The largest absolute Gasteiger partial charge is 0.314 e. The van der Waals surface area contributed by atoms with Crippen molar-refractivity contribution in [3.63, 3.8) is 0 Å². The number of rotatable bonds is 6. The summed E-state index contributed by atoms with van der Waals surface area (Å²) in [6.45, 7) is 7.56. The first-order valence-electron chi connectivity index (χ1n) is 6.15. The van der Waals surface area contributed by atoms with Crippen molar-refractivity contribution in [3.8, 4) is 0 Å². The van der Waals surface area contributed by atoms with Crippen LogP contribution in [0.1, 0.15) is 32.8 Å². The second-order valence-electron chi connectivity index (χ2n) is 4.35. The lowest BCUT2D eigenvalue weighted by molar-refractivity contribution is 0.367. The van der Waals surface area contributed by atoms with Crippen molar-refractivity contribution in [2.24, 2.45) is 5.92 Å². The predicted octanol–water partition coefficient (Wildman–Crippen LogP) is 3.39. The predicted molar refractivity (Wildman–Crippen MR) is 67.0 cm³/mol. The average molecular weight is 223 g/mol. The van der Waals surface area contributed by atoms with Crippen molar-refractivity contribution in [3.05, 3.63) is 35.6 Å². The molecule has 0 aliphatic carbocycles. The first-order chi connectivity index (χ1) is 7.67. The van der Waals surface area contributed by atoms with Crippen molar-refractivity contribution < 1.29 is 4.39 Å². The molecule has 0 radical (unpaired) electrons. The zero-order valence-electron chi connectivity index (χ0n) is 10.5. The minimum absolute atomic E-state index is 0.156. The quantitative estimate of drug-likeness (QED) is 0.779. The van der Waals surface area contributed by atoms with Crippen molar-refractivity contribution >= 4 is 0 Å². The highest BCUT2D eigenvalue weighted by molar-refractivity contribution is 5.16. The van der Waals surface area contributed by atoms with Crippen molar-refractivity contribution in [2.75, 3.05) is 6.54 Å². The van der Waals surface area contributed by atoms with Crippen LogP contribution >= 0.6 is 0 Å². The van der Waals surface area contributed by atoms with E-state index in [0.717, 1.165) is 19.4 Å². The Kier molecular flexibility index (Phi) is 5.47. The standard InChI is InChI=1S/C14H22FN/c1-4-13(11(3)16-5-2)10-12-6-8-14(15)9-7-12/h6-9,11,13,16H,4-5,10H2,1-3H3. The molecule has 90 valence electrons. The van der Waals surface area contributed by atoms with Gasteiger partial charge in [-0.25, -0.2) is 4.39 Å². The minimum Gasteiger partial charge on any atom is -0.314 e. The number of halogens is 1. The molecule has 0 spiro atoms. The first kappa shape index (κ1) is 13.2. The summed E-state index contributed by atoms with van der Waals surface area (Å²) < 4.78 is 12.8. The summed E-state index contributed by atoms with van der Waals surface area (Å²) in [5, 5.41) is 3.45. The Hall–Kier alpha value is -0.890. The van der Waals surface area contributed by atoms with E-state index >= 15 is 0 Å². The van der Waals surface area contributed by atoms with Crippen LogP contribution in [0.25, 0.3) is 0 Å². The van der Waals surface area contributed by atoms with Crippen LogP contribution in [0.5, 0.6) is 0 Å². The van der Waals surface area contributed by atoms with Crippen LogP contribution in [0, 0.1) is 11.7 Å². The Morgan fingerprint density at radius 3 is 2.31 bits per heavy atom. The number of hydrogen-bond donors (Lipinski definition) is 1. The average Bonchev–Trinajstić information content (AvgIpc) is 2.28. The van der Waals surface area contributed by atoms with E-state index in [9.17, 15) is 4.39 Å². The van der Waals surface area contributed by atoms with Gasteiger partial charge in [0, 0.05) is 6.04 Å². The third kappa shape index (κ3) is 3.93. The van der Waals surface area contributed by atoms with Crippen LogP contribution in [0.15, 0.2) is 24.3 Å². The van der Waals surface area contributed by atoms with Gasteiger partial charge >= 0.3 is 0 Å². The van der Waals surface area contributed by atoms with E-state index in [-0.39, 0.29) is 5.82 Å². The van der Waals surface area contributed by atoms with Crippen LogP contribution in [0.4, 0.5) is 4.39 Å². The Morgan fingerprint density at radius 1 is 1.19 bits per heavy atom. The summed E-state index contributed by atoms with van der Waals surface area (Å²) in [5.74, 6) is 0.460. The van der Waals surface area contributed by atoms with Gasteiger partial charge in [-0.05, 0) is 43.5 Å². The summed E-state index contributed by atoms with van der Waals surface area (Å²) in [6, 6.07) is 7.37. The van der Waals surface area contributed by atoms with E-state index in [2.05, 4.69) is 26.1 Å². The van der Waals surface area contributed by atoms with E-state index in [1.165, 1.54) is 5.56 Å². The molecular formula is C14H22FN. The lowest BCUT2D eigenvalue weighted by atomic mass is 9.91. The van der Waals surface area contributed by atoms with Gasteiger partial charge in [-0.1, -0.05) is 32.4 Å². The maximum absolute atomic E-state index is 12.8. The molecule has 0 fully saturated rings. The van der Waals surface area contributed by atoms with E-state index in [4.69, 9.17) is 0 Å². The second kappa shape index (κ2) is 6.64. The topological polar surface area (TPSA) is 12.0 Å². The SMILES string of the molecule is CCNC(C)C(CC)Cc1ccc(F)cc1. The van der Waals surface area contributed by atoms with Crippen molar-refractivity contribution in [1.82, 2.24) is 5.32 Å². The molecule has 0 aliphatic rings.